The van der Waals surface area contributed by atoms with Crippen LogP contribution in [0.2, 0.25) is 0 Å². The van der Waals surface area contributed by atoms with E-state index < -0.39 is 0 Å². The van der Waals surface area contributed by atoms with Gasteiger partial charge in [-0.25, -0.2) is 9.78 Å². The van der Waals surface area contributed by atoms with Gasteiger partial charge < -0.3 is 4.57 Å². The minimum atomic E-state index is -0.342. The van der Waals surface area contributed by atoms with E-state index in [9.17, 15) is 9.59 Å². The number of hydrogen-bond acceptors (Lipinski definition) is 3. The molecule has 0 saturated carbocycles. The number of benzene rings is 1. The number of pyridine rings is 1. The van der Waals surface area contributed by atoms with Crippen molar-refractivity contribution in [1.29, 1.82) is 0 Å². The van der Waals surface area contributed by atoms with Gasteiger partial charge in [-0.05, 0) is 24.3 Å². The summed E-state index contributed by atoms with van der Waals surface area (Å²) in [5, 5.41) is 1.07. The molecule has 3 rings (SSSR count). The Kier molecular flexibility index (Phi) is 3.47. The zero-order chi connectivity index (χ0) is 15.7. The van der Waals surface area contributed by atoms with Gasteiger partial charge in [-0.15, -0.1) is 0 Å². The Balaban J connectivity index is 2.03. The second-order valence-corrected chi connectivity index (χ2v) is 5.10. The van der Waals surface area contributed by atoms with Crippen LogP contribution in [0.15, 0.2) is 52.2 Å². The van der Waals surface area contributed by atoms with Crippen molar-refractivity contribution in [3.8, 4) is 0 Å². The lowest BCUT2D eigenvalue weighted by Crippen LogP contribution is -2.37. The van der Waals surface area contributed by atoms with Crippen LogP contribution in [0, 0.1) is 0 Å². The molecule has 0 radical (unpaired) electrons. The lowest BCUT2D eigenvalue weighted by Gasteiger charge is -2.03. The van der Waals surface area contributed by atoms with Crippen molar-refractivity contribution >= 4 is 23.1 Å². The Labute approximate surface area is 126 Å². The van der Waals surface area contributed by atoms with Gasteiger partial charge in [-0.3, -0.25) is 9.36 Å². The maximum absolute atomic E-state index is 12.1. The predicted molar refractivity (Wildman–Crippen MR) is 87.6 cm³/mol. The number of fused-ring (bicyclic) bond motifs is 1. The molecule has 1 aromatic carbocycles. The Morgan fingerprint density at radius 3 is 2.59 bits per heavy atom. The average Bonchev–Trinajstić information content (AvgIpc) is 2.55. The number of para-hydroxylation sites is 1. The third kappa shape index (κ3) is 2.48. The van der Waals surface area contributed by atoms with E-state index in [1.165, 1.54) is 17.8 Å². The fourth-order valence-electron chi connectivity index (χ4n) is 2.30. The number of hydrogen-bond donors (Lipinski definition) is 0. The molecule has 0 N–H and O–H groups in total. The molecule has 0 aliphatic rings. The summed E-state index contributed by atoms with van der Waals surface area (Å²) in [6.07, 6.45) is 4.98. The van der Waals surface area contributed by atoms with Gasteiger partial charge in [0.15, 0.2) is 0 Å². The van der Waals surface area contributed by atoms with Crippen LogP contribution < -0.4 is 11.2 Å². The van der Waals surface area contributed by atoms with Gasteiger partial charge >= 0.3 is 5.69 Å². The van der Waals surface area contributed by atoms with Crippen molar-refractivity contribution in [2.45, 2.75) is 0 Å². The van der Waals surface area contributed by atoms with Gasteiger partial charge in [0.1, 0.15) is 0 Å². The molecule has 0 spiro atoms. The second kappa shape index (κ2) is 5.44. The van der Waals surface area contributed by atoms with Crippen LogP contribution in [0.4, 0.5) is 0 Å². The Morgan fingerprint density at radius 1 is 1.00 bits per heavy atom. The highest BCUT2D eigenvalue weighted by Crippen LogP contribution is 2.13. The topological polar surface area (TPSA) is 56.9 Å². The van der Waals surface area contributed by atoms with Crippen molar-refractivity contribution in [2.24, 2.45) is 14.1 Å². The molecule has 110 valence electrons. The third-order valence-electron chi connectivity index (χ3n) is 3.53. The van der Waals surface area contributed by atoms with Gasteiger partial charge in [0, 0.05) is 25.7 Å². The van der Waals surface area contributed by atoms with Crippen molar-refractivity contribution in [3.05, 3.63) is 74.7 Å². The fourth-order valence-corrected chi connectivity index (χ4v) is 2.30. The Hall–Kier alpha value is -2.95. The molecule has 5 nitrogen and oxygen atoms in total. The highest BCUT2D eigenvalue weighted by atomic mass is 16.2. The summed E-state index contributed by atoms with van der Waals surface area (Å²) in [5.74, 6) is 0. The minimum absolute atomic E-state index is 0.319. The normalized spacial score (nSPS) is 11.4. The number of aromatic nitrogens is 3. The highest BCUT2D eigenvalue weighted by Gasteiger charge is 2.03. The SMILES string of the molecule is Cn1cc(/C=C/c2ccc3ccccc3n2)c(=O)n(C)c1=O. The highest BCUT2D eigenvalue weighted by molar-refractivity contribution is 5.80. The van der Waals surface area contributed by atoms with E-state index in [0.29, 0.717) is 5.56 Å². The molecule has 0 fully saturated rings. The third-order valence-corrected chi connectivity index (χ3v) is 3.53. The standard InChI is InChI=1S/C17H15N3O2/c1-19-11-13(16(21)20(2)17(19)22)8-10-14-9-7-12-5-3-4-6-15(12)18-14/h3-11H,1-2H3/b10-8+. The molecule has 0 atom stereocenters. The van der Waals surface area contributed by atoms with Gasteiger partial charge in [0.2, 0.25) is 0 Å². The summed E-state index contributed by atoms with van der Waals surface area (Å²) in [6.45, 7) is 0. The first-order valence-electron chi connectivity index (χ1n) is 6.87. The van der Waals surface area contributed by atoms with E-state index in [-0.39, 0.29) is 11.2 Å². The summed E-state index contributed by atoms with van der Waals surface area (Å²) in [7, 11) is 3.09. The number of nitrogens with zero attached hydrogens (tertiary/aromatic N) is 3. The van der Waals surface area contributed by atoms with E-state index in [1.807, 2.05) is 36.4 Å². The minimum Gasteiger partial charge on any atom is -0.303 e. The monoisotopic (exact) mass is 293 g/mol. The molecular weight excluding hydrogens is 278 g/mol. The van der Waals surface area contributed by atoms with Gasteiger partial charge in [0.25, 0.3) is 5.56 Å². The van der Waals surface area contributed by atoms with Crippen LogP contribution in [0.1, 0.15) is 11.3 Å². The van der Waals surface area contributed by atoms with E-state index in [2.05, 4.69) is 4.98 Å². The first-order valence-corrected chi connectivity index (χ1v) is 6.87. The lowest BCUT2D eigenvalue weighted by molar-refractivity contribution is 0.683. The maximum atomic E-state index is 12.1. The Bertz CT molecular complexity index is 997. The smallest absolute Gasteiger partial charge is 0.303 e. The van der Waals surface area contributed by atoms with E-state index >= 15 is 0 Å². The van der Waals surface area contributed by atoms with Crippen LogP contribution in [0.25, 0.3) is 23.1 Å². The molecule has 0 unspecified atom stereocenters. The fraction of sp³-hybridized carbons (Fsp3) is 0.118. The molecule has 22 heavy (non-hydrogen) atoms. The van der Waals surface area contributed by atoms with Crippen molar-refractivity contribution in [2.75, 3.05) is 0 Å². The molecule has 2 aromatic heterocycles. The van der Waals surface area contributed by atoms with Crippen molar-refractivity contribution < 1.29 is 0 Å². The summed E-state index contributed by atoms with van der Waals surface area (Å²) in [5.41, 5.74) is 1.44. The summed E-state index contributed by atoms with van der Waals surface area (Å²) in [4.78, 5) is 28.2. The number of rotatable bonds is 2. The molecule has 0 bridgehead atoms. The summed E-state index contributed by atoms with van der Waals surface area (Å²) < 4.78 is 2.47. The van der Waals surface area contributed by atoms with E-state index in [0.717, 1.165) is 21.2 Å². The predicted octanol–water partition coefficient (Wildman–Crippen LogP) is 1.80. The molecule has 0 amide bonds. The largest absolute Gasteiger partial charge is 0.330 e. The van der Waals surface area contributed by atoms with E-state index in [4.69, 9.17) is 0 Å². The first kappa shape index (κ1) is 14.0. The van der Waals surface area contributed by atoms with Crippen molar-refractivity contribution in [3.63, 3.8) is 0 Å². The summed E-state index contributed by atoms with van der Waals surface area (Å²) in [6, 6.07) is 11.7. The number of aryl methyl sites for hydroxylation is 1. The maximum Gasteiger partial charge on any atom is 0.330 e. The Morgan fingerprint density at radius 2 is 1.77 bits per heavy atom. The lowest BCUT2D eigenvalue weighted by atomic mass is 10.2. The molecule has 5 heteroatoms. The average molecular weight is 293 g/mol. The van der Waals surface area contributed by atoms with Crippen LogP contribution in [0.5, 0.6) is 0 Å². The van der Waals surface area contributed by atoms with Gasteiger partial charge in [-0.2, -0.15) is 0 Å². The molecule has 0 saturated heterocycles. The zero-order valence-corrected chi connectivity index (χ0v) is 12.4. The van der Waals surface area contributed by atoms with Crippen molar-refractivity contribution in [1.82, 2.24) is 14.1 Å². The van der Waals surface area contributed by atoms with Crippen LogP contribution in [-0.4, -0.2) is 14.1 Å². The molecule has 3 aromatic rings. The van der Waals surface area contributed by atoms with Crippen LogP contribution in [0.3, 0.4) is 0 Å². The quantitative estimate of drug-likeness (QED) is 0.724. The van der Waals surface area contributed by atoms with Gasteiger partial charge in [-0.1, -0.05) is 24.3 Å². The van der Waals surface area contributed by atoms with Crippen LogP contribution in [-0.2, 0) is 14.1 Å². The zero-order valence-electron chi connectivity index (χ0n) is 12.4. The van der Waals surface area contributed by atoms with Crippen LogP contribution >= 0.6 is 0 Å². The molecule has 0 aliphatic carbocycles. The summed E-state index contributed by atoms with van der Waals surface area (Å²) >= 11 is 0. The first-order chi connectivity index (χ1) is 10.6. The van der Waals surface area contributed by atoms with Gasteiger partial charge in [0.05, 0.1) is 16.8 Å². The second-order valence-electron chi connectivity index (χ2n) is 5.10. The molecule has 2 heterocycles. The molecule has 0 aliphatic heterocycles. The van der Waals surface area contributed by atoms with E-state index in [1.54, 1.807) is 19.2 Å². The molecular formula is C17H15N3O2.